The first-order valence-corrected chi connectivity index (χ1v) is 7.95. The van der Waals surface area contributed by atoms with Crippen LogP contribution in [0.2, 0.25) is 0 Å². The van der Waals surface area contributed by atoms with Crippen molar-refractivity contribution in [3.05, 3.63) is 16.4 Å². The van der Waals surface area contributed by atoms with Crippen molar-refractivity contribution in [1.29, 1.82) is 0 Å². The summed E-state index contributed by atoms with van der Waals surface area (Å²) in [6, 6.07) is 0.188. The number of halogens is 1. The summed E-state index contributed by atoms with van der Waals surface area (Å²) in [6.45, 7) is 7.71. The maximum atomic E-state index is 5.84. The fraction of sp³-hybridized carbons (Fsp3) is 0.786. The Labute approximate surface area is 124 Å². The summed E-state index contributed by atoms with van der Waals surface area (Å²) >= 11 is 3.61. The van der Waals surface area contributed by atoms with Gasteiger partial charge < -0.3 is 0 Å². The largest absolute Gasteiger partial charge is 0.271 e. The van der Waals surface area contributed by atoms with Crippen LogP contribution in [0.1, 0.15) is 58.2 Å². The van der Waals surface area contributed by atoms with Gasteiger partial charge in [0.25, 0.3) is 0 Å². The standard InChI is InChI=1S/C14H25BrN4/c1-4-19-13(11(15)9-17-19)12(18-16)10-5-7-14(2,3)8-6-10/h9-10,12,18H,4-8,16H2,1-3H3. The Morgan fingerprint density at radius 3 is 2.68 bits per heavy atom. The molecule has 5 heteroatoms. The minimum absolute atomic E-state index is 0.188. The second kappa shape index (κ2) is 5.94. The van der Waals surface area contributed by atoms with Gasteiger partial charge in [0, 0.05) is 6.54 Å². The van der Waals surface area contributed by atoms with Crippen LogP contribution in [-0.4, -0.2) is 9.78 Å². The molecule has 1 aliphatic carbocycles. The highest BCUT2D eigenvalue weighted by molar-refractivity contribution is 9.10. The van der Waals surface area contributed by atoms with Gasteiger partial charge in [0.1, 0.15) is 0 Å². The third-order valence-electron chi connectivity index (χ3n) is 4.46. The predicted octanol–water partition coefficient (Wildman–Crippen LogP) is 3.39. The van der Waals surface area contributed by atoms with E-state index in [-0.39, 0.29) is 6.04 Å². The maximum absolute atomic E-state index is 5.84. The number of rotatable bonds is 4. The summed E-state index contributed by atoms with van der Waals surface area (Å²) < 4.78 is 3.09. The van der Waals surface area contributed by atoms with E-state index in [0.717, 1.165) is 11.0 Å². The summed E-state index contributed by atoms with van der Waals surface area (Å²) in [7, 11) is 0. The van der Waals surface area contributed by atoms with Crippen LogP contribution in [0.15, 0.2) is 10.7 Å². The Hall–Kier alpha value is -0.390. The van der Waals surface area contributed by atoms with Gasteiger partial charge >= 0.3 is 0 Å². The average molecular weight is 329 g/mol. The quantitative estimate of drug-likeness (QED) is 0.658. The normalized spacial score (nSPS) is 21.5. The zero-order chi connectivity index (χ0) is 14.0. The Balaban J connectivity index is 2.18. The minimum atomic E-state index is 0.188. The molecule has 1 saturated carbocycles. The molecule has 1 unspecified atom stereocenters. The van der Waals surface area contributed by atoms with Crippen molar-refractivity contribution in [2.24, 2.45) is 17.2 Å². The van der Waals surface area contributed by atoms with Gasteiger partial charge in [-0.1, -0.05) is 13.8 Å². The summed E-state index contributed by atoms with van der Waals surface area (Å²) in [6.07, 6.45) is 6.86. The van der Waals surface area contributed by atoms with E-state index in [9.17, 15) is 0 Å². The lowest BCUT2D eigenvalue weighted by atomic mass is 9.71. The Morgan fingerprint density at radius 1 is 1.53 bits per heavy atom. The number of hydrogen-bond acceptors (Lipinski definition) is 3. The molecule has 1 atom stereocenters. The van der Waals surface area contributed by atoms with Crippen LogP contribution >= 0.6 is 15.9 Å². The monoisotopic (exact) mass is 328 g/mol. The second-order valence-corrected chi connectivity index (χ2v) is 7.19. The van der Waals surface area contributed by atoms with Crippen LogP contribution in [-0.2, 0) is 6.54 Å². The van der Waals surface area contributed by atoms with Crippen LogP contribution in [0.3, 0.4) is 0 Å². The van der Waals surface area contributed by atoms with E-state index >= 15 is 0 Å². The van der Waals surface area contributed by atoms with Crippen molar-refractivity contribution in [3.8, 4) is 0 Å². The van der Waals surface area contributed by atoms with Gasteiger partial charge in [0.05, 0.1) is 22.4 Å². The molecule has 0 spiro atoms. The number of aryl methyl sites for hydroxylation is 1. The minimum Gasteiger partial charge on any atom is -0.271 e. The molecule has 108 valence electrons. The molecule has 0 radical (unpaired) electrons. The van der Waals surface area contributed by atoms with Crippen molar-refractivity contribution in [3.63, 3.8) is 0 Å². The third-order valence-corrected chi connectivity index (χ3v) is 5.07. The highest BCUT2D eigenvalue weighted by Crippen LogP contribution is 2.43. The predicted molar refractivity (Wildman–Crippen MR) is 81.4 cm³/mol. The lowest BCUT2D eigenvalue weighted by Crippen LogP contribution is -2.38. The molecule has 2 rings (SSSR count). The molecular weight excluding hydrogens is 304 g/mol. The van der Waals surface area contributed by atoms with Crippen LogP contribution in [0.4, 0.5) is 0 Å². The topological polar surface area (TPSA) is 55.9 Å². The van der Waals surface area contributed by atoms with E-state index in [1.807, 2.05) is 10.9 Å². The number of hydrogen-bond donors (Lipinski definition) is 2. The lowest BCUT2D eigenvalue weighted by molar-refractivity contribution is 0.158. The number of nitrogens with two attached hydrogens (primary N) is 1. The molecule has 1 aromatic heterocycles. The Kier molecular flexibility index (Phi) is 4.69. The average Bonchev–Trinajstić information content (AvgIpc) is 2.74. The van der Waals surface area contributed by atoms with Crippen molar-refractivity contribution >= 4 is 15.9 Å². The van der Waals surface area contributed by atoms with E-state index in [1.165, 1.54) is 31.4 Å². The van der Waals surface area contributed by atoms with Crippen molar-refractivity contribution < 1.29 is 0 Å². The van der Waals surface area contributed by atoms with E-state index in [1.54, 1.807) is 0 Å². The van der Waals surface area contributed by atoms with Gasteiger partial charge in [-0.05, 0) is 59.9 Å². The van der Waals surface area contributed by atoms with Crippen molar-refractivity contribution in [2.45, 2.75) is 59.0 Å². The highest BCUT2D eigenvalue weighted by Gasteiger charge is 2.33. The van der Waals surface area contributed by atoms with Gasteiger partial charge in [-0.3, -0.25) is 16.0 Å². The summed E-state index contributed by atoms with van der Waals surface area (Å²) in [4.78, 5) is 0. The Bertz CT molecular complexity index is 417. The first-order valence-electron chi connectivity index (χ1n) is 7.16. The molecule has 0 amide bonds. The summed E-state index contributed by atoms with van der Waals surface area (Å²) in [5.74, 6) is 6.44. The van der Waals surface area contributed by atoms with E-state index < -0.39 is 0 Å². The first-order chi connectivity index (χ1) is 8.98. The van der Waals surface area contributed by atoms with Gasteiger partial charge in [-0.15, -0.1) is 0 Å². The summed E-state index contributed by atoms with van der Waals surface area (Å²) in [5, 5.41) is 4.40. The zero-order valence-corrected chi connectivity index (χ0v) is 13.7. The van der Waals surface area contributed by atoms with E-state index in [2.05, 4.69) is 47.2 Å². The summed E-state index contributed by atoms with van der Waals surface area (Å²) in [5.41, 5.74) is 4.70. The fourth-order valence-corrected chi connectivity index (χ4v) is 3.67. The number of aromatic nitrogens is 2. The highest BCUT2D eigenvalue weighted by atomic mass is 79.9. The molecule has 4 nitrogen and oxygen atoms in total. The van der Waals surface area contributed by atoms with Gasteiger partial charge in [-0.2, -0.15) is 5.10 Å². The molecule has 19 heavy (non-hydrogen) atoms. The SMILES string of the molecule is CCn1ncc(Br)c1C(NN)C1CCC(C)(C)CC1. The Morgan fingerprint density at radius 2 is 2.16 bits per heavy atom. The smallest absolute Gasteiger partial charge is 0.0711 e. The van der Waals surface area contributed by atoms with Crippen molar-refractivity contribution in [2.75, 3.05) is 0 Å². The van der Waals surface area contributed by atoms with Crippen LogP contribution in [0, 0.1) is 11.3 Å². The molecule has 0 saturated heterocycles. The number of hydrazine groups is 1. The molecule has 3 N–H and O–H groups in total. The van der Waals surface area contributed by atoms with Crippen molar-refractivity contribution in [1.82, 2.24) is 15.2 Å². The number of nitrogens with zero attached hydrogens (tertiary/aromatic N) is 2. The first kappa shape index (κ1) is 15.0. The van der Waals surface area contributed by atoms with Gasteiger partial charge in [0.2, 0.25) is 0 Å². The van der Waals surface area contributed by atoms with Gasteiger partial charge in [0.15, 0.2) is 0 Å². The van der Waals surface area contributed by atoms with Gasteiger partial charge in [-0.25, -0.2) is 0 Å². The van der Waals surface area contributed by atoms with Crippen LogP contribution < -0.4 is 11.3 Å². The fourth-order valence-electron chi connectivity index (χ4n) is 3.13. The lowest BCUT2D eigenvalue weighted by Gasteiger charge is -2.38. The molecule has 1 heterocycles. The zero-order valence-electron chi connectivity index (χ0n) is 12.1. The number of nitrogens with one attached hydrogen (secondary N) is 1. The molecule has 0 aliphatic heterocycles. The molecule has 0 aromatic carbocycles. The van der Waals surface area contributed by atoms with E-state index in [0.29, 0.717) is 11.3 Å². The second-order valence-electron chi connectivity index (χ2n) is 6.34. The van der Waals surface area contributed by atoms with E-state index in [4.69, 9.17) is 5.84 Å². The molecular formula is C14H25BrN4. The molecule has 0 bridgehead atoms. The molecule has 1 aromatic rings. The third kappa shape index (κ3) is 3.20. The van der Waals surface area contributed by atoms with Crippen LogP contribution in [0.5, 0.6) is 0 Å². The molecule has 1 fully saturated rings. The maximum Gasteiger partial charge on any atom is 0.0711 e. The van der Waals surface area contributed by atoms with Crippen LogP contribution in [0.25, 0.3) is 0 Å². The molecule has 1 aliphatic rings.